The van der Waals surface area contributed by atoms with Crippen LogP contribution in [0.3, 0.4) is 0 Å². The third-order valence-electron chi connectivity index (χ3n) is 3.52. The normalized spacial score (nSPS) is 19.0. The lowest BCUT2D eigenvalue weighted by molar-refractivity contribution is 0.626. The van der Waals surface area contributed by atoms with E-state index < -0.39 is 0 Å². The molecule has 0 aromatic carbocycles. The fourth-order valence-electron chi connectivity index (χ4n) is 2.18. The molecule has 0 saturated carbocycles. The van der Waals surface area contributed by atoms with Crippen LogP contribution in [0.4, 0.5) is 0 Å². The van der Waals surface area contributed by atoms with Gasteiger partial charge in [0.1, 0.15) is 0 Å². The lowest BCUT2D eigenvalue weighted by atomic mass is 10.0. The van der Waals surface area contributed by atoms with Crippen LogP contribution in [0.15, 0.2) is 52.7 Å². The summed E-state index contributed by atoms with van der Waals surface area (Å²) < 4.78 is 0. The molecule has 3 N–H and O–H groups in total. The molecule has 0 amide bonds. The monoisotopic (exact) mass is 287 g/mol. The van der Waals surface area contributed by atoms with Gasteiger partial charge in [-0.1, -0.05) is 50.1 Å². The summed E-state index contributed by atoms with van der Waals surface area (Å²) in [6.45, 7) is 10.1. The van der Waals surface area contributed by atoms with E-state index in [1.165, 1.54) is 24.8 Å². The zero-order chi connectivity index (χ0) is 15.5. The first-order valence-electron chi connectivity index (χ1n) is 7.85. The topological polar surface area (TPSA) is 50.4 Å². The molecule has 3 heteroatoms. The third kappa shape index (κ3) is 7.09. The quantitative estimate of drug-likeness (QED) is 0.387. The second-order valence-corrected chi connectivity index (χ2v) is 5.55. The van der Waals surface area contributed by atoms with Crippen LogP contribution in [0, 0.1) is 0 Å². The van der Waals surface area contributed by atoms with E-state index >= 15 is 0 Å². The zero-order valence-corrected chi connectivity index (χ0v) is 13.4. The summed E-state index contributed by atoms with van der Waals surface area (Å²) in [7, 11) is 0. The molecule has 0 saturated heterocycles. The molecule has 0 bridgehead atoms. The highest BCUT2D eigenvalue weighted by Gasteiger charge is 2.09. The van der Waals surface area contributed by atoms with E-state index in [4.69, 9.17) is 5.73 Å². The molecule has 116 valence electrons. The second-order valence-electron chi connectivity index (χ2n) is 5.55. The average molecular weight is 287 g/mol. The van der Waals surface area contributed by atoms with Crippen molar-refractivity contribution in [2.45, 2.75) is 45.6 Å². The Morgan fingerprint density at radius 3 is 3.00 bits per heavy atom. The first kappa shape index (κ1) is 17.4. The Hall–Kier alpha value is -1.61. The maximum Gasteiger partial charge on any atom is 0.0720 e. The van der Waals surface area contributed by atoms with Gasteiger partial charge in [-0.2, -0.15) is 0 Å². The third-order valence-corrected chi connectivity index (χ3v) is 3.52. The number of allylic oxidation sites excluding steroid dienone is 4. The van der Waals surface area contributed by atoms with Crippen LogP contribution in [-0.2, 0) is 0 Å². The molecule has 1 aliphatic carbocycles. The van der Waals surface area contributed by atoms with Gasteiger partial charge in [0, 0.05) is 24.5 Å². The number of hydrogen-bond donors (Lipinski definition) is 2. The van der Waals surface area contributed by atoms with Crippen LogP contribution < -0.4 is 11.1 Å². The predicted molar refractivity (Wildman–Crippen MR) is 93.6 cm³/mol. The highest BCUT2D eigenvalue weighted by molar-refractivity contribution is 5.84. The van der Waals surface area contributed by atoms with Crippen molar-refractivity contribution in [2.24, 2.45) is 10.7 Å². The summed E-state index contributed by atoms with van der Waals surface area (Å²) >= 11 is 0. The van der Waals surface area contributed by atoms with Crippen molar-refractivity contribution in [1.29, 1.82) is 0 Å². The number of rotatable bonds is 9. The number of nitrogens with zero attached hydrogens (tertiary/aromatic N) is 1. The highest BCUT2D eigenvalue weighted by atomic mass is 14.9. The van der Waals surface area contributed by atoms with Gasteiger partial charge in [0.15, 0.2) is 0 Å². The SMILES string of the molecule is C=C(C)C(C=NC1C=CC=C(CNCCCCC)C1)=CN. The molecule has 1 rings (SSSR count). The molecule has 3 nitrogen and oxygen atoms in total. The highest BCUT2D eigenvalue weighted by Crippen LogP contribution is 2.15. The van der Waals surface area contributed by atoms with Gasteiger partial charge in [0.2, 0.25) is 0 Å². The summed E-state index contributed by atoms with van der Waals surface area (Å²) in [5.41, 5.74) is 8.82. The molecule has 0 aliphatic heterocycles. The first-order valence-corrected chi connectivity index (χ1v) is 7.85. The van der Waals surface area contributed by atoms with E-state index in [1.54, 1.807) is 6.20 Å². The summed E-state index contributed by atoms with van der Waals surface area (Å²) in [6.07, 6.45) is 14.6. The van der Waals surface area contributed by atoms with Crippen LogP contribution in [0.25, 0.3) is 0 Å². The van der Waals surface area contributed by atoms with Crippen LogP contribution in [0.5, 0.6) is 0 Å². The Morgan fingerprint density at radius 2 is 2.33 bits per heavy atom. The Balaban J connectivity index is 2.38. The summed E-state index contributed by atoms with van der Waals surface area (Å²) in [6, 6.07) is 0.205. The Kier molecular flexibility index (Phi) is 8.44. The maximum absolute atomic E-state index is 5.57. The van der Waals surface area contributed by atoms with E-state index in [2.05, 4.69) is 42.0 Å². The van der Waals surface area contributed by atoms with Crippen molar-refractivity contribution in [3.63, 3.8) is 0 Å². The van der Waals surface area contributed by atoms with E-state index in [1.807, 2.05) is 13.1 Å². The van der Waals surface area contributed by atoms with E-state index in [-0.39, 0.29) is 6.04 Å². The van der Waals surface area contributed by atoms with E-state index in [0.717, 1.165) is 30.7 Å². The zero-order valence-electron chi connectivity index (χ0n) is 13.4. The van der Waals surface area contributed by atoms with Crippen LogP contribution >= 0.6 is 0 Å². The maximum atomic E-state index is 5.57. The minimum Gasteiger partial charge on any atom is -0.404 e. The number of aliphatic imine (C=N–C) groups is 1. The molecule has 21 heavy (non-hydrogen) atoms. The number of nitrogens with one attached hydrogen (secondary N) is 1. The number of nitrogens with two attached hydrogens (primary N) is 1. The van der Waals surface area contributed by atoms with Crippen molar-refractivity contribution < 1.29 is 0 Å². The summed E-state index contributed by atoms with van der Waals surface area (Å²) in [5, 5.41) is 3.51. The number of hydrogen-bond acceptors (Lipinski definition) is 3. The van der Waals surface area contributed by atoms with Gasteiger partial charge in [-0.3, -0.25) is 4.99 Å². The van der Waals surface area contributed by atoms with Gasteiger partial charge in [-0.15, -0.1) is 0 Å². The average Bonchev–Trinajstić information content (AvgIpc) is 2.48. The minimum atomic E-state index is 0.205. The van der Waals surface area contributed by atoms with Gasteiger partial charge in [-0.25, -0.2) is 0 Å². The molecule has 0 spiro atoms. The molecule has 1 unspecified atom stereocenters. The standard InChI is InChI=1S/C18H29N3/c1-4-5-6-10-20-13-16-8-7-9-18(11-16)21-14-17(12-19)15(2)3/h7-9,12,14,18,20H,2,4-6,10-11,13,19H2,1,3H3. The van der Waals surface area contributed by atoms with Crippen molar-refractivity contribution in [3.05, 3.63) is 47.7 Å². The van der Waals surface area contributed by atoms with Crippen molar-refractivity contribution >= 4 is 6.21 Å². The van der Waals surface area contributed by atoms with Gasteiger partial charge < -0.3 is 11.1 Å². The fraction of sp³-hybridized carbons (Fsp3) is 0.500. The molecule has 0 heterocycles. The molecule has 0 fully saturated rings. The summed E-state index contributed by atoms with van der Waals surface area (Å²) in [5.74, 6) is 0. The molecule has 1 atom stereocenters. The Morgan fingerprint density at radius 1 is 1.52 bits per heavy atom. The smallest absolute Gasteiger partial charge is 0.0720 e. The minimum absolute atomic E-state index is 0.205. The second kappa shape index (κ2) is 10.2. The fourth-order valence-corrected chi connectivity index (χ4v) is 2.18. The Labute approximate surface area is 129 Å². The number of unbranched alkanes of at least 4 members (excludes halogenated alkanes) is 2. The van der Waals surface area contributed by atoms with E-state index in [0.29, 0.717) is 0 Å². The van der Waals surface area contributed by atoms with Crippen LogP contribution in [0.1, 0.15) is 39.5 Å². The van der Waals surface area contributed by atoms with E-state index in [9.17, 15) is 0 Å². The van der Waals surface area contributed by atoms with Gasteiger partial charge in [-0.05, 0) is 31.9 Å². The van der Waals surface area contributed by atoms with Crippen molar-refractivity contribution in [3.8, 4) is 0 Å². The van der Waals surface area contributed by atoms with Gasteiger partial charge in [0.05, 0.1) is 6.04 Å². The molecule has 0 aromatic rings. The van der Waals surface area contributed by atoms with Gasteiger partial charge in [0.25, 0.3) is 0 Å². The predicted octanol–water partition coefficient (Wildman–Crippen LogP) is 3.51. The molecule has 0 aromatic heterocycles. The largest absolute Gasteiger partial charge is 0.404 e. The first-order chi connectivity index (χ1) is 10.2. The van der Waals surface area contributed by atoms with Crippen molar-refractivity contribution in [2.75, 3.05) is 13.1 Å². The van der Waals surface area contributed by atoms with Crippen LogP contribution in [0.2, 0.25) is 0 Å². The van der Waals surface area contributed by atoms with Gasteiger partial charge >= 0.3 is 0 Å². The lowest BCUT2D eigenvalue weighted by Crippen LogP contribution is -2.21. The van der Waals surface area contributed by atoms with Crippen molar-refractivity contribution in [1.82, 2.24) is 5.32 Å². The lowest BCUT2D eigenvalue weighted by Gasteiger charge is -2.16. The Bertz CT molecular complexity index is 441. The summed E-state index contributed by atoms with van der Waals surface area (Å²) in [4.78, 5) is 4.59. The molecular formula is C18H29N3. The van der Waals surface area contributed by atoms with Crippen LogP contribution in [-0.4, -0.2) is 25.3 Å². The molecule has 1 aliphatic rings. The molecule has 0 radical (unpaired) electrons. The molecular weight excluding hydrogens is 258 g/mol.